The van der Waals surface area contributed by atoms with Crippen molar-refractivity contribution in [3.05, 3.63) is 47.6 Å². The van der Waals surface area contributed by atoms with Gasteiger partial charge in [0.05, 0.1) is 5.75 Å². The number of ether oxygens (including phenoxy) is 1. The number of carbonyl (C=O) groups is 2. The Hall–Kier alpha value is -2.45. The van der Waals surface area contributed by atoms with Gasteiger partial charge in [-0.3, -0.25) is 9.59 Å². The highest BCUT2D eigenvalue weighted by Gasteiger charge is 2.19. The Balaban J connectivity index is 1.50. The lowest BCUT2D eigenvalue weighted by molar-refractivity contribution is -0.150. The first-order chi connectivity index (χ1) is 13.4. The van der Waals surface area contributed by atoms with Crippen molar-refractivity contribution in [2.75, 3.05) is 11.1 Å². The van der Waals surface area contributed by atoms with Crippen molar-refractivity contribution in [2.45, 2.75) is 37.8 Å². The maximum absolute atomic E-state index is 12.3. The maximum Gasteiger partial charge on any atom is 0.317 e. The fourth-order valence-electron chi connectivity index (χ4n) is 2.49. The van der Waals surface area contributed by atoms with E-state index in [9.17, 15) is 9.59 Å². The van der Waals surface area contributed by atoms with Crippen molar-refractivity contribution in [2.24, 2.45) is 0 Å². The summed E-state index contributed by atoms with van der Waals surface area (Å²) in [5.74, 6) is -0.335. The molecule has 1 amide bonds. The lowest BCUT2D eigenvalue weighted by atomic mass is 10.0. The van der Waals surface area contributed by atoms with E-state index in [4.69, 9.17) is 4.74 Å². The summed E-state index contributed by atoms with van der Waals surface area (Å²) in [7, 11) is 0. The van der Waals surface area contributed by atoms with E-state index in [1.54, 1.807) is 6.92 Å². The highest BCUT2D eigenvalue weighted by molar-refractivity contribution is 8.00. The van der Waals surface area contributed by atoms with Crippen LogP contribution in [0.5, 0.6) is 0 Å². The molecule has 0 bridgehead atoms. The molecule has 3 rings (SSSR count). The van der Waals surface area contributed by atoms with Crippen LogP contribution in [0.25, 0.3) is 10.2 Å². The van der Waals surface area contributed by atoms with Gasteiger partial charge in [-0.25, -0.2) is 9.97 Å². The molecule has 0 aliphatic heterocycles. The zero-order valence-electron chi connectivity index (χ0n) is 15.8. The quantitative estimate of drug-likeness (QED) is 0.348. The van der Waals surface area contributed by atoms with E-state index in [1.807, 2.05) is 35.7 Å². The van der Waals surface area contributed by atoms with Gasteiger partial charge in [0.2, 0.25) is 0 Å². The van der Waals surface area contributed by atoms with Crippen LogP contribution < -0.4 is 5.32 Å². The van der Waals surface area contributed by atoms with Gasteiger partial charge in [0, 0.05) is 11.1 Å². The molecular formula is C20H21N3O3S2. The maximum atomic E-state index is 12.3. The minimum atomic E-state index is -0.885. The first kappa shape index (κ1) is 20.3. The van der Waals surface area contributed by atoms with Crippen molar-refractivity contribution in [3.63, 3.8) is 0 Å². The topological polar surface area (TPSA) is 81.2 Å². The van der Waals surface area contributed by atoms with Gasteiger partial charge >= 0.3 is 5.97 Å². The predicted octanol–water partition coefficient (Wildman–Crippen LogP) is 4.48. The lowest BCUT2D eigenvalue weighted by Crippen LogP contribution is -2.30. The number of thiophene rings is 1. The van der Waals surface area contributed by atoms with Crippen LogP contribution in [0.4, 0.5) is 5.69 Å². The molecule has 0 spiro atoms. The average molecular weight is 416 g/mol. The Morgan fingerprint density at radius 3 is 2.61 bits per heavy atom. The minimum Gasteiger partial charge on any atom is -0.452 e. The normalized spacial score (nSPS) is 12.1. The van der Waals surface area contributed by atoms with Crippen LogP contribution >= 0.6 is 23.1 Å². The second-order valence-electron chi connectivity index (χ2n) is 6.50. The molecule has 8 heteroatoms. The number of thioether (sulfide) groups is 1. The fraction of sp³-hybridized carbons (Fsp3) is 0.300. The molecule has 0 saturated heterocycles. The number of rotatable bonds is 7. The predicted molar refractivity (Wildman–Crippen MR) is 113 cm³/mol. The van der Waals surface area contributed by atoms with E-state index < -0.39 is 12.1 Å². The summed E-state index contributed by atoms with van der Waals surface area (Å²) in [5.41, 5.74) is 1.87. The molecule has 1 N–H and O–H groups in total. The molecule has 1 atom stereocenters. The van der Waals surface area contributed by atoms with Crippen LogP contribution in [0.1, 0.15) is 32.3 Å². The number of amides is 1. The number of hydrogen-bond donors (Lipinski definition) is 1. The lowest BCUT2D eigenvalue weighted by Gasteiger charge is -2.14. The summed E-state index contributed by atoms with van der Waals surface area (Å²) < 4.78 is 5.25. The SMILES string of the molecule is CC(C)c1ccc(NC(=O)[C@H](C)OC(=O)CSc2ncnc3sccc23)cc1. The highest BCUT2D eigenvalue weighted by Crippen LogP contribution is 2.27. The van der Waals surface area contributed by atoms with E-state index in [-0.39, 0.29) is 11.7 Å². The van der Waals surface area contributed by atoms with E-state index >= 15 is 0 Å². The van der Waals surface area contributed by atoms with Gasteiger partial charge in [0.15, 0.2) is 6.10 Å². The zero-order valence-corrected chi connectivity index (χ0v) is 17.5. The van der Waals surface area contributed by atoms with Crippen molar-refractivity contribution in [1.29, 1.82) is 0 Å². The summed E-state index contributed by atoms with van der Waals surface area (Å²) in [4.78, 5) is 33.6. The van der Waals surface area contributed by atoms with Crippen LogP contribution in [-0.2, 0) is 14.3 Å². The number of nitrogens with one attached hydrogen (secondary N) is 1. The molecule has 6 nitrogen and oxygen atoms in total. The molecule has 2 heterocycles. The van der Waals surface area contributed by atoms with Gasteiger partial charge in [0.25, 0.3) is 5.91 Å². The molecule has 0 radical (unpaired) electrons. The molecule has 0 saturated carbocycles. The van der Waals surface area contributed by atoms with E-state index in [0.29, 0.717) is 11.6 Å². The number of nitrogens with zero attached hydrogens (tertiary/aromatic N) is 2. The largest absolute Gasteiger partial charge is 0.452 e. The molecule has 0 aliphatic rings. The van der Waals surface area contributed by atoms with E-state index in [0.717, 1.165) is 15.2 Å². The third-order valence-electron chi connectivity index (χ3n) is 4.07. The standard InChI is InChI=1S/C20H21N3O3S2/c1-12(2)14-4-6-15(7-5-14)23-18(25)13(3)26-17(24)10-28-20-16-8-9-27-19(16)21-11-22-20/h4-9,11-13H,10H2,1-3H3,(H,23,25)/t13-/m0/s1. The molecule has 2 aromatic heterocycles. The molecule has 0 fully saturated rings. The Morgan fingerprint density at radius 1 is 1.14 bits per heavy atom. The smallest absolute Gasteiger partial charge is 0.317 e. The molecule has 0 aliphatic carbocycles. The zero-order chi connectivity index (χ0) is 20.1. The molecule has 28 heavy (non-hydrogen) atoms. The Kier molecular flexibility index (Phi) is 6.64. The number of anilines is 1. The Labute approximate surface area is 171 Å². The van der Waals surface area contributed by atoms with Crippen molar-refractivity contribution < 1.29 is 14.3 Å². The van der Waals surface area contributed by atoms with Gasteiger partial charge in [-0.1, -0.05) is 37.7 Å². The van der Waals surface area contributed by atoms with Crippen molar-refractivity contribution >= 4 is 50.9 Å². The van der Waals surface area contributed by atoms with Crippen molar-refractivity contribution in [3.8, 4) is 0 Å². The molecular weight excluding hydrogens is 394 g/mol. The number of esters is 1. The van der Waals surface area contributed by atoms with Gasteiger partial charge in [-0.15, -0.1) is 11.3 Å². The summed E-state index contributed by atoms with van der Waals surface area (Å²) >= 11 is 2.79. The average Bonchev–Trinajstić information content (AvgIpc) is 3.16. The van der Waals surface area contributed by atoms with Crippen LogP contribution in [0, 0.1) is 0 Å². The number of benzene rings is 1. The summed E-state index contributed by atoms with van der Waals surface area (Å²) in [6, 6.07) is 9.56. The first-order valence-corrected chi connectivity index (χ1v) is 10.7. The van der Waals surface area contributed by atoms with Crippen LogP contribution in [-0.4, -0.2) is 33.7 Å². The third kappa shape index (κ3) is 5.08. The van der Waals surface area contributed by atoms with Gasteiger partial charge < -0.3 is 10.1 Å². The van der Waals surface area contributed by atoms with E-state index in [2.05, 4.69) is 29.1 Å². The number of aromatic nitrogens is 2. The number of carbonyl (C=O) groups excluding carboxylic acids is 2. The van der Waals surface area contributed by atoms with Crippen molar-refractivity contribution in [1.82, 2.24) is 9.97 Å². The summed E-state index contributed by atoms with van der Waals surface area (Å²) in [6.45, 7) is 5.78. The fourth-order valence-corrected chi connectivity index (χ4v) is 4.05. The van der Waals surface area contributed by atoms with Crippen LogP contribution in [0.15, 0.2) is 47.1 Å². The first-order valence-electron chi connectivity index (χ1n) is 8.85. The molecule has 146 valence electrons. The third-order valence-corrected chi connectivity index (χ3v) is 5.87. The highest BCUT2D eigenvalue weighted by atomic mass is 32.2. The van der Waals surface area contributed by atoms with E-state index in [1.165, 1.54) is 35.0 Å². The minimum absolute atomic E-state index is 0.0721. The van der Waals surface area contributed by atoms with Gasteiger partial charge in [0.1, 0.15) is 16.2 Å². The monoisotopic (exact) mass is 415 g/mol. The number of hydrogen-bond acceptors (Lipinski definition) is 7. The molecule has 3 aromatic rings. The summed E-state index contributed by atoms with van der Waals surface area (Å²) in [5, 5.41) is 6.34. The second-order valence-corrected chi connectivity index (χ2v) is 8.36. The second kappa shape index (κ2) is 9.16. The molecule has 1 aromatic carbocycles. The van der Waals surface area contributed by atoms with Gasteiger partial charge in [-0.05, 0) is 42.0 Å². The summed E-state index contributed by atoms with van der Waals surface area (Å²) in [6.07, 6.45) is 0.595. The van der Waals surface area contributed by atoms with Gasteiger partial charge in [-0.2, -0.15) is 0 Å². The molecule has 0 unspecified atom stereocenters. The van der Waals surface area contributed by atoms with Crippen LogP contribution in [0.2, 0.25) is 0 Å². The Bertz CT molecular complexity index is 970. The number of fused-ring (bicyclic) bond motifs is 1. The Morgan fingerprint density at radius 2 is 1.89 bits per heavy atom. The van der Waals surface area contributed by atoms with Crippen LogP contribution in [0.3, 0.4) is 0 Å².